The highest BCUT2D eigenvalue weighted by atomic mass is 16.5. The molecule has 1 fully saturated rings. The maximum absolute atomic E-state index is 12.4. The molecule has 1 aliphatic heterocycles. The van der Waals surface area contributed by atoms with Gasteiger partial charge in [-0.2, -0.15) is 0 Å². The molecule has 0 saturated carbocycles. The third kappa shape index (κ3) is 3.14. The number of carbonyl (C=O) groups excluding carboxylic acids is 1. The molecule has 7 nitrogen and oxygen atoms in total. The zero-order chi connectivity index (χ0) is 15.4. The van der Waals surface area contributed by atoms with Crippen molar-refractivity contribution in [3.8, 4) is 0 Å². The van der Waals surface area contributed by atoms with Crippen LogP contribution in [-0.2, 0) is 11.8 Å². The summed E-state index contributed by atoms with van der Waals surface area (Å²) in [5.41, 5.74) is 0.314. The van der Waals surface area contributed by atoms with Gasteiger partial charge >= 0.3 is 0 Å². The highest BCUT2D eigenvalue weighted by Crippen LogP contribution is 2.29. The molecule has 3 heterocycles. The van der Waals surface area contributed by atoms with Crippen LogP contribution in [0.15, 0.2) is 31.0 Å². The van der Waals surface area contributed by atoms with Crippen LogP contribution in [0.2, 0.25) is 0 Å². The predicted octanol–water partition coefficient (Wildman–Crippen LogP) is 1.11. The first-order valence-electron chi connectivity index (χ1n) is 7.37. The number of amides is 1. The summed E-state index contributed by atoms with van der Waals surface area (Å²) >= 11 is 0. The molecular weight excluding hydrogens is 282 g/mol. The molecule has 1 N–H and O–H groups in total. The van der Waals surface area contributed by atoms with Crippen LogP contribution in [0.1, 0.15) is 35.2 Å². The van der Waals surface area contributed by atoms with Gasteiger partial charge in [-0.1, -0.05) is 0 Å². The number of nitrogens with zero attached hydrogens (tertiary/aromatic N) is 4. The van der Waals surface area contributed by atoms with Crippen molar-refractivity contribution in [2.24, 2.45) is 13.0 Å². The standard InChI is InChI=1S/C15H19N5O2/c1-20-7-6-18-14(20)13(11-2-8-22-9-3-11)19-15(21)12-10-16-4-5-17-12/h4-7,10-11,13H,2-3,8-9H2,1H3,(H,19,21)/t13-/m1/s1. The largest absolute Gasteiger partial charge is 0.381 e. The van der Waals surface area contributed by atoms with E-state index >= 15 is 0 Å². The molecule has 116 valence electrons. The van der Waals surface area contributed by atoms with Crippen LogP contribution in [0.3, 0.4) is 0 Å². The van der Waals surface area contributed by atoms with E-state index < -0.39 is 0 Å². The second-order valence-electron chi connectivity index (χ2n) is 5.39. The second kappa shape index (κ2) is 6.65. The number of aromatic nitrogens is 4. The number of imidazole rings is 1. The molecular formula is C15H19N5O2. The summed E-state index contributed by atoms with van der Waals surface area (Å²) in [6, 6.07) is -0.154. The van der Waals surface area contributed by atoms with E-state index in [0.717, 1.165) is 18.7 Å². The fraction of sp³-hybridized carbons (Fsp3) is 0.467. The Morgan fingerprint density at radius 2 is 2.14 bits per heavy atom. The lowest BCUT2D eigenvalue weighted by Crippen LogP contribution is -2.37. The van der Waals surface area contributed by atoms with Crippen molar-refractivity contribution in [2.45, 2.75) is 18.9 Å². The van der Waals surface area contributed by atoms with Crippen molar-refractivity contribution in [2.75, 3.05) is 13.2 Å². The number of hydrogen-bond acceptors (Lipinski definition) is 5. The Morgan fingerprint density at radius 3 is 2.77 bits per heavy atom. The fourth-order valence-corrected chi connectivity index (χ4v) is 2.75. The summed E-state index contributed by atoms with van der Waals surface area (Å²) in [7, 11) is 1.93. The molecule has 1 amide bonds. The minimum absolute atomic E-state index is 0.154. The monoisotopic (exact) mass is 301 g/mol. The molecule has 1 aliphatic rings. The summed E-state index contributed by atoms with van der Waals surface area (Å²) in [5.74, 6) is 0.923. The first-order valence-corrected chi connectivity index (χ1v) is 7.37. The zero-order valence-electron chi connectivity index (χ0n) is 12.5. The summed E-state index contributed by atoms with van der Waals surface area (Å²) in [5, 5.41) is 3.07. The minimum atomic E-state index is -0.229. The molecule has 0 aromatic carbocycles. The molecule has 0 radical (unpaired) electrons. The predicted molar refractivity (Wildman–Crippen MR) is 79.0 cm³/mol. The highest BCUT2D eigenvalue weighted by molar-refractivity contribution is 5.92. The van der Waals surface area contributed by atoms with Crippen LogP contribution >= 0.6 is 0 Å². The van der Waals surface area contributed by atoms with Gasteiger partial charge in [0.1, 0.15) is 11.5 Å². The van der Waals surface area contributed by atoms with Gasteiger partial charge in [0.25, 0.3) is 5.91 Å². The lowest BCUT2D eigenvalue weighted by atomic mass is 9.91. The van der Waals surface area contributed by atoms with E-state index in [1.54, 1.807) is 12.4 Å². The number of ether oxygens (including phenoxy) is 1. The Hall–Kier alpha value is -2.28. The van der Waals surface area contributed by atoms with E-state index in [9.17, 15) is 4.79 Å². The smallest absolute Gasteiger partial charge is 0.272 e. The van der Waals surface area contributed by atoms with E-state index in [4.69, 9.17) is 4.74 Å². The number of aryl methyl sites for hydroxylation is 1. The van der Waals surface area contributed by atoms with Gasteiger partial charge in [0.2, 0.25) is 0 Å². The molecule has 22 heavy (non-hydrogen) atoms. The lowest BCUT2D eigenvalue weighted by Gasteiger charge is -2.30. The topological polar surface area (TPSA) is 81.9 Å². The van der Waals surface area contributed by atoms with E-state index in [1.165, 1.54) is 12.4 Å². The van der Waals surface area contributed by atoms with Gasteiger partial charge in [-0.25, -0.2) is 9.97 Å². The molecule has 1 atom stereocenters. The van der Waals surface area contributed by atoms with Crippen LogP contribution in [0, 0.1) is 5.92 Å². The lowest BCUT2D eigenvalue weighted by molar-refractivity contribution is 0.0498. The fourth-order valence-electron chi connectivity index (χ4n) is 2.75. The Morgan fingerprint density at radius 1 is 1.32 bits per heavy atom. The van der Waals surface area contributed by atoms with Crippen molar-refractivity contribution >= 4 is 5.91 Å². The maximum Gasteiger partial charge on any atom is 0.272 e. The van der Waals surface area contributed by atoms with Gasteiger partial charge in [-0.3, -0.25) is 9.78 Å². The van der Waals surface area contributed by atoms with Crippen LogP contribution in [0.4, 0.5) is 0 Å². The molecule has 2 aromatic rings. The molecule has 2 aromatic heterocycles. The summed E-state index contributed by atoms with van der Waals surface area (Å²) in [6.07, 6.45) is 9.96. The van der Waals surface area contributed by atoms with Crippen molar-refractivity contribution < 1.29 is 9.53 Å². The molecule has 0 spiro atoms. The minimum Gasteiger partial charge on any atom is -0.381 e. The average molecular weight is 301 g/mol. The molecule has 7 heteroatoms. The normalized spacial score (nSPS) is 17.1. The van der Waals surface area contributed by atoms with Crippen LogP contribution in [-0.4, -0.2) is 38.6 Å². The van der Waals surface area contributed by atoms with E-state index in [0.29, 0.717) is 24.8 Å². The third-order valence-corrected chi connectivity index (χ3v) is 3.96. The molecule has 3 rings (SSSR count). The van der Waals surface area contributed by atoms with E-state index in [-0.39, 0.29) is 11.9 Å². The van der Waals surface area contributed by atoms with Crippen molar-refractivity contribution in [1.82, 2.24) is 24.8 Å². The summed E-state index contributed by atoms with van der Waals surface area (Å²) < 4.78 is 7.37. The van der Waals surface area contributed by atoms with Gasteiger partial charge in [0, 0.05) is 45.0 Å². The number of nitrogens with one attached hydrogen (secondary N) is 1. The number of carbonyl (C=O) groups is 1. The van der Waals surface area contributed by atoms with Crippen molar-refractivity contribution in [3.05, 3.63) is 42.5 Å². The number of hydrogen-bond donors (Lipinski definition) is 1. The average Bonchev–Trinajstić information content (AvgIpc) is 3.00. The van der Waals surface area contributed by atoms with Gasteiger partial charge in [0.15, 0.2) is 0 Å². The van der Waals surface area contributed by atoms with Gasteiger partial charge in [0.05, 0.1) is 12.2 Å². The number of rotatable bonds is 4. The zero-order valence-corrected chi connectivity index (χ0v) is 12.5. The molecule has 1 saturated heterocycles. The Bertz CT molecular complexity index is 622. The van der Waals surface area contributed by atoms with Gasteiger partial charge in [-0.15, -0.1) is 0 Å². The van der Waals surface area contributed by atoms with Gasteiger partial charge < -0.3 is 14.6 Å². The third-order valence-electron chi connectivity index (χ3n) is 3.96. The van der Waals surface area contributed by atoms with E-state index in [1.807, 2.05) is 17.8 Å². The Labute approximate surface area is 128 Å². The Balaban J connectivity index is 1.82. The van der Waals surface area contributed by atoms with Crippen molar-refractivity contribution in [3.63, 3.8) is 0 Å². The maximum atomic E-state index is 12.4. The van der Waals surface area contributed by atoms with Crippen LogP contribution < -0.4 is 5.32 Å². The molecule has 0 aliphatic carbocycles. The summed E-state index contributed by atoms with van der Waals surface area (Å²) in [6.45, 7) is 1.43. The summed E-state index contributed by atoms with van der Waals surface area (Å²) in [4.78, 5) is 24.8. The molecule has 0 bridgehead atoms. The second-order valence-corrected chi connectivity index (χ2v) is 5.39. The van der Waals surface area contributed by atoms with Crippen LogP contribution in [0.25, 0.3) is 0 Å². The quantitative estimate of drug-likeness (QED) is 0.914. The Kier molecular flexibility index (Phi) is 4.43. The SMILES string of the molecule is Cn1ccnc1[C@H](NC(=O)c1cnccn1)C1CCOCC1. The highest BCUT2D eigenvalue weighted by Gasteiger charge is 2.30. The van der Waals surface area contributed by atoms with Crippen LogP contribution in [0.5, 0.6) is 0 Å². The first kappa shape index (κ1) is 14.6. The van der Waals surface area contributed by atoms with Gasteiger partial charge in [-0.05, 0) is 18.8 Å². The van der Waals surface area contributed by atoms with Crippen molar-refractivity contribution in [1.29, 1.82) is 0 Å². The first-order chi connectivity index (χ1) is 10.8. The van der Waals surface area contributed by atoms with E-state index in [2.05, 4.69) is 20.3 Å². The molecule has 0 unspecified atom stereocenters.